The van der Waals surface area contributed by atoms with Gasteiger partial charge in [-0.1, -0.05) is 55.8 Å². The van der Waals surface area contributed by atoms with Crippen LogP contribution in [0.25, 0.3) is 0 Å². The highest BCUT2D eigenvalue weighted by Crippen LogP contribution is 2.11. The second-order valence-electron chi connectivity index (χ2n) is 5.13. The van der Waals surface area contributed by atoms with E-state index in [0.717, 1.165) is 18.7 Å². The molecule has 2 N–H and O–H groups in total. The van der Waals surface area contributed by atoms with Crippen LogP contribution in [0.1, 0.15) is 31.4 Å². The van der Waals surface area contributed by atoms with Crippen molar-refractivity contribution in [2.75, 3.05) is 5.32 Å². The quantitative estimate of drug-likeness (QED) is 0.736. The second kappa shape index (κ2) is 7.71. The molecule has 0 aromatic heterocycles. The summed E-state index contributed by atoms with van der Waals surface area (Å²) in [7, 11) is 0. The van der Waals surface area contributed by atoms with Gasteiger partial charge in [0.15, 0.2) is 0 Å². The first kappa shape index (κ1) is 14.6. The summed E-state index contributed by atoms with van der Waals surface area (Å²) in [5.74, 6) is 0. The molecule has 106 valence electrons. The van der Waals surface area contributed by atoms with Gasteiger partial charge >= 0.3 is 0 Å². The van der Waals surface area contributed by atoms with Gasteiger partial charge in [0.25, 0.3) is 0 Å². The SMILES string of the molecule is CCCc1ccccc1CNC(C)Nc1ccccc1. The molecule has 0 aliphatic heterocycles. The van der Waals surface area contributed by atoms with E-state index in [9.17, 15) is 0 Å². The van der Waals surface area contributed by atoms with Crippen LogP contribution in [0.4, 0.5) is 5.69 Å². The molecule has 1 unspecified atom stereocenters. The largest absolute Gasteiger partial charge is 0.370 e. The molecule has 2 rings (SSSR count). The van der Waals surface area contributed by atoms with Gasteiger partial charge in [-0.15, -0.1) is 0 Å². The molecule has 0 fully saturated rings. The number of benzene rings is 2. The lowest BCUT2D eigenvalue weighted by molar-refractivity contribution is 0.597. The van der Waals surface area contributed by atoms with Crippen LogP contribution in [-0.4, -0.2) is 6.17 Å². The summed E-state index contributed by atoms with van der Waals surface area (Å²) in [6.07, 6.45) is 2.58. The Morgan fingerprint density at radius 2 is 1.55 bits per heavy atom. The lowest BCUT2D eigenvalue weighted by atomic mass is 10.0. The third kappa shape index (κ3) is 4.39. The maximum Gasteiger partial charge on any atom is 0.0741 e. The van der Waals surface area contributed by atoms with Crippen LogP contribution >= 0.6 is 0 Å². The normalized spacial score (nSPS) is 12.1. The van der Waals surface area contributed by atoms with Gasteiger partial charge in [-0.25, -0.2) is 0 Å². The number of aryl methyl sites for hydroxylation is 1. The highest BCUT2D eigenvalue weighted by atomic mass is 15.1. The van der Waals surface area contributed by atoms with Crippen LogP contribution in [0, 0.1) is 0 Å². The van der Waals surface area contributed by atoms with E-state index in [2.05, 4.69) is 60.9 Å². The van der Waals surface area contributed by atoms with Crippen molar-refractivity contribution < 1.29 is 0 Å². The van der Waals surface area contributed by atoms with Gasteiger partial charge in [-0.2, -0.15) is 0 Å². The Morgan fingerprint density at radius 1 is 0.900 bits per heavy atom. The molecule has 0 amide bonds. The van der Waals surface area contributed by atoms with Gasteiger partial charge in [0.05, 0.1) is 6.17 Å². The third-order valence-corrected chi connectivity index (χ3v) is 3.39. The minimum atomic E-state index is 0.243. The van der Waals surface area contributed by atoms with Gasteiger partial charge < -0.3 is 5.32 Å². The van der Waals surface area contributed by atoms with Crippen molar-refractivity contribution in [1.29, 1.82) is 0 Å². The van der Waals surface area contributed by atoms with Crippen LogP contribution < -0.4 is 10.6 Å². The topological polar surface area (TPSA) is 24.1 Å². The summed E-state index contributed by atoms with van der Waals surface area (Å²) >= 11 is 0. The van der Waals surface area contributed by atoms with Gasteiger partial charge in [0.2, 0.25) is 0 Å². The first-order chi connectivity index (χ1) is 9.79. The first-order valence-electron chi connectivity index (χ1n) is 7.41. The zero-order valence-electron chi connectivity index (χ0n) is 12.4. The van der Waals surface area contributed by atoms with Crippen molar-refractivity contribution in [2.45, 2.75) is 39.4 Å². The fourth-order valence-corrected chi connectivity index (χ4v) is 2.34. The van der Waals surface area contributed by atoms with E-state index in [1.807, 2.05) is 18.2 Å². The Balaban J connectivity index is 1.88. The van der Waals surface area contributed by atoms with E-state index in [4.69, 9.17) is 0 Å². The van der Waals surface area contributed by atoms with Crippen molar-refractivity contribution in [3.05, 3.63) is 65.7 Å². The maximum absolute atomic E-state index is 3.54. The number of para-hydroxylation sites is 1. The average molecular weight is 268 g/mol. The zero-order chi connectivity index (χ0) is 14.2. The third-order valence-electron chi connectivity index (χ3n) is 3.39. The summed E-state index contributed by atoms with van der Waals surface area (Å²) in [6.45, 7) is 5.27. The van der Waals surface area contributed by atoms with Gasteiger partial charge in [0, 0.05) is 12.2 Å². The molecule has 2 nitrogen and oxygen atoms in total. The molecule has 2 aromatic rings. The minimum absolute atomic E-state index is 0.243. The van der Waals surface area contributed by atoms with Gasteiger partial charge in [0.1, 0.15) is 0 Å². The number of anilines is 1. The molecule has 0 aliphatic carbocycles. The average Bonchev–Trinajstić information content (AvgIpc) is 2.48. The van der Waals surface area contributed by atoms with Gasteiger partial charge in [-0.05, 0) is 36.6 Å². The molecule has 0 spiro atoms. The molecule has 0 aliphatic rings. The Kier molecular flexibility index (Phi) is 5.63. The first-order valence-corrected chi connectivity index (χ1v) is 7.41. The smallest absolute Gasteiger partial charge is 0.0741 e. The standard InChI is InChI=1S/C18H24N2/c1-3-9-16-10-7-8-11-17(16)14-19-15(2)20-18-12-5-4-6-13-18/h4-8,10-13,15,19-20H,3,9,14H2,1-2H3. The summed E-state index contributed by atoms with van der Waals surface area (Å²) in [6, 6.07) is 19.0. The van der Waals surface area contributed by atoms with Crippen LogP contribution in [0.5, 0.6) is 0 Å². The second-order valence-corrected chi connectivity index (χ2v) is 5.13. The summed E-state index contributed by atoms with van der Waals surface area (Å²) in [5.41, 5.74) is 4.00. The van der Waals surface area contributed by atoms with E-state index >= 15 is 0 Å². The van der Waals surface area contributed by atoms with E-state index in [-0.39, 0.29) is 6.17 Å². The zero-order valence-corrected chi connectivity index (χ0v) is 12.4. The van der Waals surface area contributed by atoms with Crippen LogP contribution in [0.3, 0.4) is 0 Å². The molecular formula is C18H24N2. The van der Waals surface area contributed by atoms with Crippen molar-refractivity contribution in [1.82, 2.24) is 5.32 Å². The fourth-order valence-electron chi connectivity index (χ4n) is 2.34. The molecule has 0 saturated heterocycles. The molecule has 0 heterocycles. The van der Waals surface area contributed by atoms with Crippen LogP contribution in [0.2, 0.25) is 0 Å². The lowest BCUT2D eigenvalue weighted by Crippen LogP contribution is -2.33. The van der Waals surface area contributed by atoms with E-state index in [1.165, 1.54) is 17.5 Å². The number of hydrogen-bond donors (Lipinski definition) is 2. The van der Waals surface area contributed by atoms with Crippen molar-refractivity contribution in [3.63, 3.8) is 0 Å². The van der Waals surface area contributed by atoms with Crippen molar-refractivity contribution in [2.24, 2.45) is 0 Å². The van der Waals surface area contributed by atoms with E-state index < -0.39 is 0 Å². The Bertz CT molecular complexity index is 508. The van der Waals surface area contributed by atoms with Crippen molar-refractivity contribution >= 4 is 5.69 Å². The minimum Gasteiger partial charge on any atom is -0.370 e. The molecule has 0 bridgehead atoms. The molecule has 0 saturated carbocycles. The molecule has 2 heteroatoms. The number of rotatable bonds is 7. The van der Waals surface area contributed by atoms with Crippen LogP contribution in [-0.2, 0) is 13.0 Å². The van der Waals surface area contributed by atoms with E-state index in [1.54, 1.807) is 0 Å². The molecule has 0 radical (unpaired) electrons. The fraction of sp³-hybridized carbons (Fsp3) is 0.333. The maximum atomic E-state index is 3.54. The number of nitrogens with one attached hydrogen (secondary N) is 2. The highest BCUT2D eigenvalue weighted by molar-refractivity contribution is 5.43. The predicted octanol–water partition coefficient (Wildman–Crippen LogP) is 4.19. The molecule has 20 heavy (non-hydrogen) atoms. The molecule has 1 atom stereocenters. The van der Waals surface area contributed by atoms with Gasteiger partial charge in [-0.3, -0.25) is 5.32 Å². The van der Waals surface area contributed by atoms with E-state index in [0.29, 0.717) is 0 Å². The summed E-state index contributed by atoms with van der Waals surface area (Å²) in [5, 5.41) is 6.99. The monoisotopic (exact) mass is 268 g/mol. The lowest BCUT2D eigenvalue weighted by Gasteiger charge is -2.18. The highest BCUT2D eigenvalue weighted by Gasteiger charge is 2.04. The molecule has 2 aromatic carbocycles. The van der Waals surface area contributed by atoms with Crippen LogP contribution in [0.15, 0.2) is 54.6 Å². The number of hydrogen-bond acceptors (Lipinski definition) is 2. The Hall–Kier alpha value is -1.80. The van der Waals surface area contributed by atoms with Crippen molar-refractivity contribution in [3.8, 4) is 0 Å². The molecular weight excluding hydrogens is 244 g/mol. The Morgan fingerprint density at radius 3 is 2.25 bits per heavy atom. The Labute approximate surface area is 122 Å². The predicted molar refractivity (Wildman–Crippen MR) is 86.8 cm³/mol. The summed E-state index contributed by atoms with van der Waals surface area (Å²) < 4.78 is 0. The summed E-state index contributed by atoms with van der Waals surface area (Å²) in [4.78, 5) is 0.